The molecule has 2 heteroatoms. The van der Waals surface area contributed by atoms with E-state index in [0.29, 0.717) is 18.9 Å². The molecular weight excluding hydrogens is 416 g/mol. The van der Waals surface area contributed by atoms with Crippen molar-refractivity contribution < 1.29 is 9.53 Å². The maximum Gasteiger partial charge on any atom is 0.305 e. The number of esters is 1. The monoisotopic (exact) mass is 478 g/mol. The lowest BCUT2D eigenvalue weighted by Crippen LogP contribution is -2.14. The van der Waals surface area contributed by atoms with Crippen LogP contribution in [0.1, 0.15) is 175 Å². The molecule has 0 aliphatic heterocycles. The highest BCUT2D eigenvalue weighted by atomic mass is 16.5. The highest BCUT2D eigenvalue weighted by Crippen LogP contribution is 2.19. The predicted molar refractivity (Wildman–Crippen MR) is 151 cm³/mol. The smallest absolute Gasteiger partial charge is 0.305 e. The van der Waals surface area contributed by atoms with Crippen LogP contribution in [-0.2, 0) is 9.53 Å². The van der Waals surface area contributed by atoms with Gasteiger partial charge in [0.05, 0.1) is 6.61 Å². The molecule has 0 aromatic rings. The SMILES string of the molecule is CCCCCCCC/C=C\CCCCCCCC(=O)OCC(CCCCC)CCCCCCC. The van der Waals surface area contributed by atoms with Gasteiger partial charge in [-0.05, 0) is 50.9 Å². The molecule has 0 N–H and O–H groups in total. The molecule has 0 amide bonds. The molecule has 34 heavy (non-hydrogen) atoms. The van der Waals surface area contributed by atoms with Gasteiger partial charge in [-0.25, -0.2) is 0 Å². The maximum absolute atomic E-state index is 12.2. The van der Waals surface area contributed by atoms with Crippen molar-refractivity contribution in [2.24, 2.45) is 5.92 Å². The summed E-state index contributed by atoms with van der Waals surface area (Å²) in [6, 6.07) is 0. The summed E-state index contributed by atoms with van der Waals surface area (Å²) >= 11 is 0. The van der Waals surface area contributed by atoms with Gasteiger partial charge in [0.2, 0.25) is 0 Å². The summed E-state index contributed by atoms with van der Waals surface area (Å²) < 4.78 is 5.68. The predicted octanol–water partition coefficient (Wildman–Crippen LogP) is 11.1. The number of rotatable bonds is 27. The zero-order valence-electron chi connectivity index (χ0n) is 23.7. The standard InChI is InChI=1S/C32H62O2/c1-4-7-10-12-13-14-15-16-17-18-19-20-21-23-26-29-32(33)34-30-31(27-24-9-6-3)28-25-22-11-8-5-2/h16-17,31H,4-15,18-30H2,1-3H3/b17-16-. The fraction of sp³-hybridized carbons (Fsp3) is 0.906. The third-order valence-corrected chi connectivity index (χ3v) is 7.05. The third-order valence-electron chi connectivity index (χ3n) is 7.05. The summed E-state index contributed by atoms with van der Waals surface area (Å²) in [5, 5.41) is 0. The molecule has 0 aliphatic rings. The molecule has 1 unspecified atom stereocenters. The Morgan fingerprint density at radius 1 is 0.559 bits per heavy atom. The Kier molecular flexibility index (Phi) is 27.8. The average Bonchev–Trinajstić information content (AvgIpc) is 2.84. The van der Waals surface area contributed by atoms with E-state index in [4.69, 9.17) is 4.74 Å². The van der Waals surface area contributed by atoms with Gasteiger partial charge in [-0.2, -0.15) is 0 Å². The first kappa shape index (κ1) is 33.2. The van der Waals surface area contributed by atoms with E-state index in [1.807, 2.05) is 0 Å². The Hall–Kier alpha value is -0.790. The maximum atomic E-state index is 12.2. The molecule has 0 spiro atoms. The molecule has 0 rings (SSSR count). The van der Waals surface area contributed by atoms with E-state index >= 15 is 0 Å². The van der Waals surface area contributed by atoms with Crippen molar-refractivity contribution in [2.75, 3.05) is 6.61 Å². The topological polar surface area (TPSA) is 26.3 Å². The van der Waals surface area contributed by atoms with Crippen LogP contribution in [0.3, 0.4) is 0 Å². The van der Waals surface area contributed by atoms with Crippen LogP contribution < -0.4 is 0 Å². The Labute approximate surface area is 215 Å². The van der Waals surface area contributed by atoms with E-state index in [1.54, 1.807) is 0 Å². The number of carbonyl (C=O) groups is 1. The van der Waals surface area contributed by atoms with E-state index in [1.165, 1.54) is 135 Å². The van der Waals surface area contributed by atoms with Crippen LogP contribution in [0.4, 0.5) is 0 Å². The van der Waals surface area contributed by atoms with Gasteiger partial charge >= 0.3 is 5.97 Å². The van der Waals surface area contributed by atoms with Crippen LogP contribution in [0.25, 0.3) is 0 Å². The zero-order chi connectivity index (χ0) is 25.0. The van der Waals surface area contributed by atoms with Crippen molar-refractivity contribution in [2.45, 2.75) is 175 Å². The second kappa shape index (κ2) is 28.4. The normalized spacial score (nSPS) is 12.4. The fourth-order valence-electron chi connectivity index (χ4n) is 4.65. The van der Waals surface area contributed by atoms with Crippen molar-refractivity contribution in [3.8, 4) is 0 Å². The Bertz CT molecular complexity index is 429. The number of unbranched alkanes of at least 4 members (excludes halogenated alkanes) is 17. The largest absolute Gasteiger partial charge is 0.465 e. The molecule has 2 nitrogen and oxygen atoms in total. The highest BCUT2D eigenvalue weighted by Gasteiger charge is 2.12. The van der Waals surface area contributed by atoms with Gasteiger partial charge in [0.1, 0.15) is 0 Å². The van der Waals surface area contributed by atoms with Crippen molar-refractivity contribution in [1.29, 1.82) is 0 Å². The molecule has 0 aliphatic carbocycles. The summed E-state index contributed by atoms with van der Waals surface area (Å²) in [7, 11) is 0. The van der Waals surface area contributed by atoms with Crippen molar-refractivity contribution in [3.63, 3.8) is 0 Å². The lowest BCUT2D eigenvalue weighted by molar-refractivity contribution is -0.145. The van der Waals surface area contributed by atoms with Gasteiger partial charge in [0, 0.05) is 6.42 Å². The van der Waals surface area contributed by atoms with Gasteiger partial charge in [-0.3, -0.25) is 4.79 Å². The fourth-order valence-corrected chi connectivity index (χ4v) is 4.65. The summed E-state index contributed by atoms with van der Waals surface area (Å²) in [6.45, 7) is 7.46. The number of ether oxygens (including phenoxy) is 1. The van der Waals surface area contributed by atoms with E-state index < -0.39 is 0 Å². The Balaban J connectivity index is 3.64. The van der Waals surface area contributed by atoms with Gasteiger partial charge in [-0.1, -0.05) is 136 Å². The second-order valence-corrected chi connectivity index (χ2v) is 10.6. The second-order valence-electron chi connectivity index (χ2n) is 10.6. The summed E-state index contributed by atoms with van der Waals surface area (Å²) in [6.07, 6.45) is 35.1. The molecule has 0 aromatic heterocycles. The Morgan fingerprint density at radius 3 is 1.53 bits per heavy atom. The number of hydrogen-bond donors (Lipinski definition) is 0. The van der Waals surface area contributed by atoms with Crippen molar-refractivity contribution in [1.82, 2.24) is 0 Å². The van der Waals surface area contributed by atoms with Crippen LogP contribution in [0.2, 0.25) is 0 Å². The molecule has 0 bridgehead atoms. The van der Waals surface area contributed by atoms with E-state index in [-0.39, 0.29) is 5.97 Å². The van der Waals surface area contributed by atoms with Gasteiger partial charge < -0.3 is 4.74 Å². The summed E-state index contributed by atoms with van der Waals surface area (Å²) in [5.74, 6) is 0.607. The minimum Gasteiger partial charge on any atom is -0.465 e. The lowest BCUT2D eigenvalue weighted by atomic mass is 9.95. The molecule has 0 saturated heterocycles. The molecule has 202 valence electrons. The minimum atomic E-state index is 0.0316. The van der Waals surface area contributed by atoms with Crippen LogP contribution in [0.5, 0.6) is 0 Å². The molecular formula is C32H62O2. The number of carbonyl (C=O) groups excluding carboxylic acids is 1. The zero-order valence-corrected chi connectivity index (χ0v) is 23.7. The third kappa shape index (κ3) is 25.8. The first-order valence-electron chi connectivity index (χ1n) is 15.5. The van der Waals surface area contributed by atoms with E-state index in [9.17, 15) is 4.79 Å². The molecule has 0 heterocycles. The average molecular weight is 479 g/mol. The van der Waals surface area contributed by atoms with E-state index in [0.717, 1.165) is 12.8 Å². The van der Waals surface area contributed by atoms with E-state index in [2.05, 4.69) is 32.9 Å². The summed E-state index contributed by atoms with van der Waals surface area (Å²) in [4.78, 5) is 12.2. The van der Waals surface area contributed by atoms with Crippen molar-refractivity contribution >= 4 is 5.97 Å². The van der Waals surface area contributed by atoms with Crippen LogP contribution in [0, 0.1) is 5.92 Å². The molecule has 1 atom stereocenters. The summed E-state index contributed by atoms with van der Waals surface area (Å²) in [5.41, 5.74) is 0. The number of hydrogen-bond acceptors (Lipinski definition) is 2. The van der Waals surface area contributed by atoms with Gasteiger partial charge in [0.15, 0.2) is 0 Å². The van der Waals surface area contributed by atoms with Gasteiger partial charge in [0.25, 0.3) is 0 Å². The first-order chi connectivity index (χ1) is 16.7. The van der Waals surface area contributed by atoms with Crippen molar-refractivity contribution in [3.05, 3.63) is 12.2 Å². The first-order valence-corrected chi connectivity index (χ1v) is 15.5. The molecule has 0 radical (unpaired) electrons. The Morgan fingerprint density at radius 2 is 0.971 bits per heavy atom. The molecule has 0 aromatic carbocycles. The minimum absolute atomic E-state index is 0.0316. The molecule has 0 fully saturated rings. The number of allylic oxidation sites excluding steroid dienone is 2. The van der Waals surface area contributed by atoms with Crippen LogP contribution in [-0.4, -0.2) is 12.6 Å². The lowest BCUT2D eigenvalue weighted by Gasteiger charge is -2.17. The van der Waals surface area contributed by atoms with Crippen LogP contribution >= 0.6 is 0 Å². The van der Waals surface area contributed by atoms with Gasteiger partial charge in [-0.15, -0.1) is 0 Å². The molecule has 0 saturated carbocycles. The van der Waals surface area contributed by atoms with Crippen LogP contribution in [0.15, 0.2) is 12.2 Å². The highest BCUT2D eigenvalue weighted by molar-refractivity contribution is 5.69. The quantitative estimate of drug-likeness (QED) is 0.0666.